The quantitative estimate of drug-likeness (QED) is 0.495. The van der Waals surface area contributed by atoms with Crippen molar-refractivity contribution < 1.29 is 9.66 Å². The number of nitrogen functional groups attached to an aromatic ring is 1. The minimum absolute atomic E-state index is 0.0751. The monoisotopic (exact) mass is 420 g/mol. The van der Waals surface area contributed by atoms with Gasteiger partial charge in [0.2, 0.25) is 5.75 Å². The van der Waals surface area contributed by atoms with Crippen molar-refractivity contribution in [2.24, 2.45) is 0 Å². The van der Waals surface area contributed by atoms with E-state index in [9.17, 15) is 10.1 Å². The van der Waals surface area contributed by atoms with E-state index in [0.29, 0.717) is 22.4 Å². The first-order valence-corrected chi connectivity index (χ1v) is 10.4. The summed E-state index contributed by atoms with van der Waals surface area (Å²) in [4.78, 5) is 25.2. The van der Waals surface area contributed by atoms with Gasteiger partial charge < -0.3 is 15.4 Å². The summed E-state index contributed by atoms with van der Waals surface area (Å²) in [7, 11) is 2.10. The lowest BCUT2D eigenvalue weighted by Gasteiger charge is -2.62. The number of nitro groups is 1. The third-order valence-electron chi connectivity index (χ3n) is 6.46. The van der Waals surface area contributed by atoms with Crippen LogP contribution < -0.4 is 15.4 Å². The van der Waals surface area contributed by atoms with Gasteiger partial charge in [-0.3, -0.25) is 15.0 Å². The molecular weight excluding hydrogens is 396 g/mol. The molecule has 0 saturated carbocycles. The second-order valence-electron chi connectivity index (χ2n) is 8.21. The molecule has 160 valence electrons. The number of nitro benzene ring substituents is 1. The van der Waals surface area contributed by atoms with Crippen molar-refractivity contribution >= 4 is 28.1 Å². The van der Waals surface area contributed by atoms with E-state index in [-0.39, 0.29) is 34.3 Å². The molecule has 5 rings (SSSR count). The van der Waals surface area contributed by atoms with Gasteiger partial charge in [0.25, 0.3) is 0 Å². The molecule has 0 radical (unpaired) electrons. The topological polar surface area (TPSA) is 111 Å². The van der Waals surface area contributed by atoms with Crippen molar-refractivity contribution in [3.8, 4) is 17.1 Å². The summed E-state index contributed by atoms with van der Waals surface area (Å²) in [6, 6.07) is 11.3. The van der Waals surface area contributed by atoms with Crippen LogP contribution in [-0.4, -0.2) is 58.6 Å². The van der Waals surface area contributed by atoms with Gasteiger partial charge in [0.1, 0.15) is 11.5 Å². The highest BCUT2D eigenvalue weighted by atomic mass is 16.6. The zero-order valence-electron chi connectivity index (χ0n) is 17.5. The number of anilines is 2. The molecule has 2 aliphatic rings. The number of benzene rings is 2. The van der Waals surface area contributed by atoms with Gasteiger partial charge in [-0.1, -0.05) is 30.3 Å². The van der Waals surface area contributed by atoms with Crippen LogP contribution in [0.15, 0.2) is 36.4 Å². The SMILES string of the molecule is CCOc1c([N+](=O)[O-])c(N2CC3(CCN3C)C2)cc2nc(-c3ccccc3)nc(N)c12. The smallest absolute Gasteiger partial charge is 0.334 e. The van der Waals surface area contributed by atoms with Gasteiger partial charge in [-0.2, -0.15) is 0 Å². The van der Waals surface area contributed by atoms with Crippen LogP contribution in [0.1, 0.15) is 13.3 Å². The van der Waals surface area contributed by atoms with Crippen molar-refractivity contribution in [1.82, 2.24) is 14.9 Å². The lowest BCUT2D eigenvalue weighted by atomic mass is 9.77. The van der Waals surface area contributed by atoms with Gasteiger partial charge in [-0.15, -0.1) is 0 Å². The molecule has 0 unspecified atom stereocenters. The molecule has 2 N–H and O–H groups in total. The second kappa shape index (κ2) is 7.05. The first-order chi connectivity index (χ1) is 14.9. The fourth-order valence-electron chi connectivity index (χ4n) is 4.57. The molecule has 31 heavy (non-hydrogen) atoms. The van der Waals surface area contributed by atoms with Crippen LogP contribution in [0.5, 0.6) is 5.75 Å². The van der Waals surface area contributed by atoms with Gasteiger partial charge in [0.15, 0.2) is 5.82 Å². The number of nitrogens with two attached hydrogens (primary N) is 1. The van der Waals surface area contributed by atoms with Crippen molar-refractivity contribution in [2.75, 3.05) is 43.9 Å². The lowest BCUT2D eigenvalue weighted by Crippen LogP contribution is -2.76. The average Bonchev–Trinajstić information content (AvgIpc) is 2.72. The van der Waals surface area contributed by atoms with Crippen LogP contribution in [0.4, 0.5) is 17.2 Å². The molecule has 1 spiro atoms. The molecule has 3 heterocycles. The Bertz CT molecular complexity index is 1180. The normalized spacial score (nSPS) is 17.4. The molecule has 0 atom stereocenters. The predicted molar refractivity (Wildman–Crippen MR) is 119 cm³/mol. The Morgan fingerprint density at radius 1 is 1.26 bits per heavy atom. The van der Waals surface area contributed by atoms with Gasteiger partial charge in [0.05, 0.1) is 28.0 Å². The van der Waals surface area contributed by atoms with Crippen LogP contribution in [0.2, 0.25) is 0 Å². The fraction of sp³-hybridized carbons (Fsp3) is 0.364. The minimum Gasteiger partial charge on any atom is -0.486 e. The average molecular weight is 420 g/mol. The number of likely N-dealkylation sites (tertiary alicyclic amines) is 1. The summed E-state index contributed by atoms with van der Waals surface area (Å²) in [5.41, 5.74) is 8.21. The Balaban J connectivity index is 1.69. The maximum atomic E-state index is 12.1. The summed E-state index contributed by atoms with van der Waals surface area (Å²) in [6.07, 6.45) is 1.10. The molecule has 2 fully saturated rings. The first kappa shape index (κ1) is 19.5. The number of hydrogen-bond donors (Lipinski definition) is 1. The Kier molecular flexibility index (Phi) is 4.44. The lowest BCUT2D eigenvalue weighted by molar-refractivity contribution is -0.385. The maximum Gasteiger partial charge on any atom is 0.334 e. The number of fused-ring (bicyclic) bond motifs is 1. The van der Waals surface area contributed by atoms with Crippen LogP contribution >= 0.6 is 0 Å². The van der Waals surface area contributed by atoms with E-state index < -0.39 is 0 Å². The number of aromatic nitrogens is 2. The van der Waals surface area contributed by atoms with Gasteiger partial charge >= 0.3 is 5.69 Å². The van der Waals surface area contributed by atoms with E-state index in [4.69, 9.17) is 15.5 Å². The number of rotatable bonds is 5. The van der Waals surface area contributed by atoms with Gasteiger partial charge in [-0.25, -0.2) is 9.97 Å². The van der Waals surface area contributed by atoms with Crippen LogP contribution in [-0.2, 0) is 0 Å². The summed E-state index contributed by atoms with van der Waals surface area (Å²) < 4.78 is 5.77. The Hall–Kier alpha value is -3.46. The molecule has 3 aromatic rings. The highest BCUT2D eigenvalue weighted by Gasteiger charge is 2.53. The number of ether oxygens (including phenoxy) is 1. The number of nitrogens with zero attached hydrogens (tertiary/aromatic N) is 5. The van der Waals surface area contributed by atoms with Crippen LogP contribution in [0.25, 0.3) is 22.3 Å². The molecule has 9 heteroatoms. The minimum atomic E-state index is -0.389. The zero-order valence-corrected chi connectivity index (χ0v) is 17.5. The second-order valence-corrected chi connectivity index (χ2v) is 8.21. The maximum absolute atomic E-state index is 12.1. The zero-order chi connectivity index (χ0) is 21.8. The standard InChI is InChI=1S/C22H24N6O3/c1-3-31-19-17-15(24-21(25-20(17)23)14-7-5-4-6-8-14)11-16(18(19)28(29)30)27-12-22(13-27)9-10-26(22)2/h4-8,11H,3,9-10,12-13H2,1-2H3,(H2,23,24,25). The largest absolute Gasteiger partial charge is 0.486 e. The molecule has 0 bridgehead atoms. The molecule has 1 aromatic heterocycles. The van der Waals surface area contributed by atoms with Crippen molar-refractivity contribution in [3.63, 3.8) is 0 Å². The first-order valence-electron chi connectivity index (χ1n) is 10.4. The molecule has 2 saturated heterocycles. The molecular formula is C22H24N6O3. The third kappa shape index (κ3) is 2.96. The van der Waals surface area contributed by atoms with E-state index >= 15 is 0 Å². The number of likely N-dealkylation sites (N-methyl/N-ethyl adjacent to an activating group) is 1. The van der Waals surface area contributed by atoms with Crippen molar-refractivity contribution in [1.29, 1.82) is 0 Å². The van der Waals surface area contributed by atoms with Crippen molar-refractivity contribution in [2.45, 2.75) is 18.9 Å². The summed E-state index contributed by atoms with van der Waals surface area (Å²) in [6.45, 7) is 4.61. The predicted octanol–water partition coefficient (Wildman–Crippen LogP) is 3.08. The summed E-state index contributed by atoms with van der Waals surface area (Å²) >= 11 is 0. The summed E-state index contributed by atoms with van der Waals surface area (Å²) in [5.74, 6) is 0.785. The van der Waals surface area contributed by atoms with E-state index in [1.165, 1.54) is 0 Å². The Labute approximate surface area is 179 Å². The van der Waals surface area contributed by atoms with E-state index in [1.807, 2.05) is 35.2 Å². The highest BCUT2D eigenvalue weighted by molar-refractivity contribution is 6.02. The fourth-order valence-corrected chi connectivity index (χ4v) is 4.57. The Morgan fingerprint density at radius 2 is 2.00 bits per heavy atom. The molecule has 2 aliphatic heterocycles. The third-order valence-corrected chi connectivity index (χ3v) is 6.46. The molecule has 9 nitrogen and oxygen atoms in total. The van der Waals surface area contributed by atoms with E-state index in [1.54, 1.807) is 13.0 Å². The molecule has 0 aliphatic carbocycles. The highest BCUT2D eigenvalue weighted by Crippen LogP contribution is 2.49. The van der Waals surface area contributed by atoms with Crippen LogP contribution in [0, 0.1) is 10.1 Å². The summed E-state index contributed by atoms with van der Waals surface area (Å²) in [5, 5.41) is 12.5. The number of hydrogen-bond acceptors (Lipinski definition) is 8. The van der Waals surface area contributed by atoms with E-state index in [0.717, 1.165) is 31.6 Å². The molecule has 0 amide bonds. The Morgan fingerprint density at radius 3 is 2.58 bits per heavy atom. The van der Waals surface area contributed by atoms with Gasteiger partial charge in [-0.05, 0) is 26.5 Å². The molecule has 2 aromatic carbocycles. The van der Waals surface area contributed by atoms with E-state index in [2.05, 4.69) is 16.9 Å². The van der Waals surface area contributed by atoms with Gasteiger partial charge in [0, 0.05) is 25.2 Å². The van der Waals surface area contributed by atoms with Crippen molar-refractivity contribution in [3.05, 3.63) is 46.5 Å². The van der Waals surface area contributed by atoms with Crippen LogP contribution in [0.3, 0.4) is 0 Å².